The third kappa shape index (κ3) is 4.49. The molecule has 5 rings (SSSR count). The monoisotopic (exact) mass is 471 g/mol. The molecular weight excluding hydrogens is 438 g/mol. The zero-order valence-electron chi connectivity index (χ0n) is 21.7. The predicted molar refractivity (Wildman–Crippen MR) is 153 cm³/mol. The molecule has 1 N–H and O–H groups in total. The van der Waals surface area contributed by atoms with Gasteiger partial charge in [0, 0.05) is 11.1 Å². The molecule has 0 aliphatic carbocycles. The Balaban J connectivity index is 1.72. The van der Waals surface area contributed by atoms with E-state index in [0.717, 1.165) is 44.9 Å². The highest BCUT2D eigenvalue weighted by Gasteiger charge is 2.18. The Labute approximate surface area is 214 Å². The zero-order valence-corrected chi connectivity index (χ0v) is 21.7. The molecule has 0 spiro atoms. The largest absolute Gasteiger partial charge is 0.336 e. The number of rotatable bonds is 6. The van der Waals surface area contributed by atoms with Crippen molar-refractivity contribution in [2.24, 2.45) is 4.99 Å². The summed E-state index contributed by atoms with van der Waals surface area (Å²) in [6.07, 6.45) is 0. The molecule has 4 aromatic carbocycles. The third-order valence-electron chi connectivity index (χ3n) is 6.78. The van der Waals surface area contributed by atoms with E-state index in [1.54, 1.807) is 0 Å². The number of nitrogens with one attached hydrogen (secondary N) is 1. The number of aromatic amines is 1. The molecule has 1 aromatic heterocycles. The van der Waals surface area contributed by atoms with E-state index in [2.05, 4.69) is 118 Å². The van der Waals surface area contributed by atoms with Crippen LogP contribution >= 0.6 is 0 Å². The Hall–Kier alpha value is -3.98. The van der Waals surface area contributed by atoms with Crippen molar-refractivity contribution in [3.8, 4) is 22.3 Å². The normalized spacial score (nSPS) is 12.1. The highest BCUT2D eigenvalue weighted by Crippen LogP contribution is 2.37. The molecule has 0 aliphatic heterocycles. The van der Waals surface area contributed by atoms with Crippen LogP contribution in [0.4, 0.5) is 5.69 Å². The van der Waals surface area contributed by atoms with E-state index in [-0.39, 0.29) is 0 Å². The topological polar surface area (TPSA) is 41.0 Å². The van der Waals surface area contributed by atoms with Crippen molar-refractivity contribution >= 4 is 22.4 Å². The summed E-state index contributed by atoms with van der Waals surface area (Å²) in [6.45, 7) is 11.0. The summed E-state index contributed by atoms with van der Waals surface area (Å²) < 4.78 is 0. The maximum Gasteiger partial charge on any atom is 0.152 e. The van der Waals surface area contributed by atoms with Crippen LogP contribution in [0.1, 0.15) is 63.4 Å². The number of imidazole rings is 1. The molecule has 0 unspecified atom stereocenters. The van der Waals surface area contributed by atoms with E-state index < -0.39 is 0 Å². The molecule has 180 valence electrons. The number of hydrogen-bond donors (Lipinski definition) is 1. The van der Waals surface area contributed by atoms with Crippen LogP contribution in [0.2, 0.25) is 0 Å². The zero-order chi connectivity index (χ0) is 25.2. The molecular formula is C33H33N3. The molecule has 0 atom stereocenters. The molecule has 0 saturated heterocycles. The number of aliphatic imine (C=N–C) groups is 1. The first kappa shape index (κ1) is 23.7. The first-order valence-electron chi connectivity index (χ1n) is 12.8. The number of aromatic nitrogens is 2. The van der Waals surface area contributed by atoms with Crippen molar-refractivity contribution in [1.29, 1.82) is 0 Å². The fourth-order valence-corrected chi connectivity index (χ4v) is 4.83. The molecule has 36 heavy (non-hydrogen) atoms. The fourth-order valence-electron chi connectivity index (χ4n) is 4.83. The molecule has 0 fully saturated rings. The maximum atomic E-state index is 5.19. The number of para-hydroxylation sites is 1. The molecule has 1 heterocycles. The third-order valence-corrected chi connectivity index (χ3v) is 6.78. The number of nitrogens with zero attached hydrogens (tertiary/aromatic N) is 2. The van der Waals surface area contributed by atoms with Crippen LogP contribution in [0, 0.1) is 0 Å². The minimum atomic E-state index is 0.389. The summed E-state index contributed by atoms with van der Waals surface area (Å²) in [6, 6.07) is 31.9. The van der Waals surface area contributed by atoms with Crippen LogP contribution in [0.5, 0.6) is 0 Å². The van der Waals surface area contributed by atoms with Crippen LogP contribution in [0.15, 0.2) is 96.0 Å². The number of benzene rings is 4. The summed E-state index contributed by atoms with van der Waals surface area (Å²) in [4.78, 5) is 14.0. The average Bonchev–Trinajstić information content (AvgIpc) is 3.35. The van der Waals surface area contributed by atoms with E-state index in [1.807, 2.05) is 12.1 Å². The summed E-state index contributed by atoms with van der Waals surface area (Å²) in [5.41, 5.74) is 11.1. The van der Waals surface area contributed by atoms with Crippen molar-refractivity contribution in [2.75, 3.05) is 0 Å². The van der Waals surface area contributed by atoms with Gasteiger partial charge < -0.3 is 4.98 Å². The van der Waals surface area contributed by atoms with Crippen molar-refractivity contribution in [1.82, 2.24) is 9.97 Å². The van der Waals surface area contributed by atoms with Crippen LogP contribution < -0.4 is 0 Å². The van der Waals surface area contributed by atoms with Crippen molar-refractivity contribution in [3.05, 3.63) is 108 Å². The van der Waals surface area contributed by atoms with Gasteiger partial charge in [0.05, 0.1) is 22.4 Å². The first-order chi connectivity index (χ1) is 17.4. The van der Waals surface area contributed by atoms with Gasteiger partial charge in [-0.15, -0.1) is 0 Å². The van der Waals surface area contributed by atoms with Crippen LogP contribution in [0.3, 0.4) is 0 Å². The Morgan fingerprint density at radius 1 is 0.667 bits per heavy atom. The van der Waals surface area contributed by atoms with Crippen molar-refractivity contribution in [2.45, 2.75) is 46.5 Å². The summed E-state index contributed by atoms with van der Waals surface area (Å²) in [5.74, 6) is 1.58. The fraction of sp³-hybridized carbons (Fsp3) is 0.212. The molecule has 0 radical (unpaired) electrons. The molecule has 5 aromatic rings. The van der Waals surface area contributed by atoms with Crippen LogP contribution in [-0.2, 0) is 0 Å². The Bertz CT molecular complexity index is 1420. The standard InChI is InChI=1S/C33H33N3/c1-21(2)26-17-12-18-27(22(3)4)30(26)34-23(5)33-35-31-28(24-13-8-6-9-14-24)19-20-29(32(31)36-33)25-15-10-7-11-16-25/h6-22H,1-5H3,(H,35,36). The predicted octanol–water partition coefficient (Wildman–Crippen LogP) is 9.28. The maximum absolute atomic E-state index is 5.19. The summed E-state index contributed by atoms with van der Waals surface area (Å²) in [7, 11) is 0. The van der Waals surface area contributed by atoms with E-state index in [1.165, 1.54) is 16.7 Å². The highest BCUT2D eigenvalue weighted by atomic mass is 15.0. The average molecular weight is 472 g/mol. The lowest BCUT2D eigenvalue weighted by Crippen LogP contribution is -2.01. The van der Waals surface area contributed by atoms with E-state index in [9.17, 15) is 0 Å². The molecule has 0 aliphatic rings. The molecule has 3 heteroatoms. The SMILES string of the molecule is CC(=Nc1c(C(C)C)cccc1C(C)C)c1nc2c(-c3ccccc3)ccc(-c3ccccc3)c2[nH]1. The van der Waals surface area contributed by atoms with Gasteiger partial charge in [0.2, 0.25) is 0 Å². The van der Waals surface area contributed by atoms with Crippen molar-refractivity contribution in [3.63, 3.8) is 0 Å². The Morgan fingerprint density at radius 2 is 1.19 bits per heavy atom. The van der Waals surface area contributed by atoms with Crippen molar-refractivity contribution < 1.29 is 0 Å². The van der Waals surface area contributed by atoms with Gasteiger partial charge in [0.25, 0.3) is 0 Å². The second-order valence-corrected chi connectivity index (χ2v) is 9.99. The van der Waals surface area contributed by atoms with E-state index in [0.29, 0.717) is 11.8 Å². The summed E-state index contributed by atoms with van der Waals surface area (Å²) >= 11 is 0. The Morgan fingerprint density at radius 3 is 1.75 bits per heavy atom. The van der Waals surface area contributed by atoms with Gasteiger partial charge in [0.15, 0.2) is 5.82 Å². The lowest BCUT2D eigenvalue weighted by molar-refractivity contribution is 0.834. The number of H-pyrrole nitrogens is 1. The van der Waals surface area contributed by atoms with Crippen LogP contribution in [-0.4, -0.2) is 15.7 Å². The molecule has 0 amide bonds. The minimum Gasteiger partial charge on any atom is -0.336 e. The molecule has 0 bridgehead atoms. The molecule has 3 nitrogen and oxygen atoms in total. The number of hydrogen-bond acceptors (Lipinski definition) is 2. The van der Waals surface area contributed by atoms with Gasteiger partial charge in [-0.2, -0.15) is 0 Å². The molecule has 0 saturated carbocycles. The minimum absolute atomic E-state index is 0.389. The quantitative estimate of drug-likeness (QED) is 0.246. The lowest BCUT2D eigenvalue weighted by atomic mass is 9.93. The highest BCUT2D eigenvalue weighted by molar-refractivity contribution is 6.06. The second-order valence-electron chi connectivity index (χ2n) is 9.99. The smallest absolute Gasteiger partial charge is 0.152 e. The van der Waals surface area contributed by atoms with Gasteiger partial charge in [-0.25, -0.2) is 9.98 Å². The van der Waals surface area contributed by atoms with Crippen LogP contribution in [0.25, 0.3) is 33.3 Å². The van der Waals surface area contributed by atoms with Gasteiger partial charge in [0.1, 0.15) is 0 Å². The van der Waals surface area contributed by atoms with Gasteiger partial charge in [-0.05, 0) is 41.0 Å². The number of fused-ring (bicyclic) bond motifs is 1. The van der Waals surface area contributed by atoms with Gasteiger partial charge >= 0.3 is 0 Å². The summed E-state index contributed by atoms with van der Waals surface area (Å²) in [5, 5.41) is 0. The van der Waals surface area contributed by atoms with E-state index in [4.69, 9.17) is 9.98 Å². The first-order valence-corrected chi connectivity index (χ1v) is 12.8. The van der Waals surface area contributed by atoms with Gasteiger partial charge in [-0.3, -0.25) is 0 Å². The van der Waals surface area contributed by atoms with E-state index >= 15 is 0 Å². The second kappa shape index (κ2) is 9.94. The lowest BCUT2D eigenvalue weighted by Gasteiger charge is -2.16. The Kier molecular flexibility index (Phi) is 6.56. The van der Waals surface area contributed by atoms with Gasteiger partial charge in [-0.1, -0.05) is 119 Å².